The third kappa shape index (κ3) is 5.45. The molecule has 0 spiro atoms. The lowest BCUT2D eigenvalue weighted by molar-refractivity contribution is -0.132. The second-order valence-electron chi connectivity index (χ2n) is 6.38. The van der Waals surface area contributed by atoms with E-state index < -0.39 is 23.5 Å². The van der Waals surface area contributed by atoms with E-state index in [1.165, 1.54) is 6.92 Å². The number of benzene rings is 1. The van der Waals surface area contributed by atoms with E-state index in [1.807, 2.05) is 0 Å². The normalized spacial score (nSPS) is 16.6. The summed E-state index contributed by atoms with van der Waals surface area (Å²) in [5.74, 6) is -3.54. The molecule has 8 heteroatoms. The van der Waals surface area contributed by atoms with E-state index in [0.717, 1.165) is 6.07 Å². The predicted molar refractivity (Wildman–Crippen MR) is 86.0 cm³/mol. The van der Waals surface area contributed by atoms with Gasteiger partial charge in [0.15, 0.2) is 11.6 Å². The van der Waals surface area contributed by atoms with Crippen LogP contribution < -0.4 is 11.1 Å². The van der Waals surface area contributed by atoms with Crippen LogP contribution in [-0.2, 0) is 16.0 Å². The highest BCUT2D eigenvalue weighted by molar-refractivity contribution is 5.77. The van der Waals surface area contributed by atoms with Crippen molar-refractivity contribution in [2.24, 2.45) is 5.73 Å². The molecule has 1 aromatic carbocycles. The van der Waals surface area contributed by atoms with Gasteiger partial charge in [0, 0.05) is 44.6 Å². The number of halogens is 3. The summed E-state index contributed by atoms with van der Waals surface area (Å²) in [6.07, 6.45) is 1.26. The van der Waals surface area contributed by atoms with Gasteiger partial charge < -0.3 is 16.0 Å². The summed E-state index contributed by atoms with van der Waals surface area (Å²) >= 11 is 0. The Bertz CT molecular complexity index is 646. The van der Waals surface area contributed by atoms with Crippen molar-refractivity contribution in [2.45, 2.75) is 44.7 Å². The third-order valence-corrected chi connectivity index (χ3v) is 4.26. The van der Waals surface area contributed by atoms with E-state index in [9.17, 15) is 22.8 Å². The van der Waals surface area contributed by atoms with Crippen LogP contribution in [-0.4, -0.2) is 41.9 Å². The van der Waals surface area contributed by atoms with E-state index in [2.05, 4.69) is 5.32 Å². The molecular weight excluding hydrogens is 335 g/mol. The van der Waals surface area contributed by atoms with Crippen LogP contribution in [0.15, 0.2) is 12.1 Å². The molecule has 25 heavy (non-hydrogen) atoms. The molecule has 3 N–H and O–H groups in total. The van der Waals surface area contributed by atoms with Crippen molar-refractivity contribution in [3.63, 3.8) is 0 Å². The van der Waals surface area contributed by atoms with Crippen LogP contribution in [0, 0.1) is 17.5 Å². The molecule has 0 aromatic heterocycles. The van der Waals surface area contributed by atoms with Gasteiger partial charge in [-0.2, -0.15) is 0 Å². The van der Waals surface area contributed by atoms with E-state index in [1.54, 1.807) is 4.90 Å². The first-order valence-corrected chi connectivity index (χ1v) is 8.20. The van der Waals surface area contributed by atoms with Crippen LogP contribution in [0.3, 0.4) is 0 Å². The molecule has 0 saturated carbocycles. The molecular formula is C17H22F3N3O2. The molecule has 1 fully saturated rings. The van der Waals surface area contributed by atoms with Crippen molar-refractivity contribution in [1.29, 1.82) is 0 Å². The van der Waals surface area contributed by atoms with E-state index in [-0.39, 0.29) is 36.3 Å². The predicted octanol–water partition coefficient (Wildman–Crippen LogP) is 1.49. The number of carbonyl (C=O) groups excluding carboxylic acids is 2. The Morgan fingerprint density at radius 3 is 2.40 bits per heavy atom. The summed E-state index contributed by atoms with van der Waals surface area (Å²) in [5.41, 5.74) is 5.82. The molecule has 2 amide bonds. The van der Waals surface area contributed by atoms with Crippen LogP contribution in [0.4, 0.5) is 13.2 Å². The summed E-state index contributed by atoms with van der Waals surface area (Å²) in [4.78, 5) is 24.9. The van der Waals surface area contributed by atoms with Gasteiger partial charge in [-0.15, -0.1) is 0 Å². The SMILES string of the molecule is CC(=O)NC1CCN(C(=O)CC(N)Cc2cc(F)c(F)cc2F)CC1. The minimum atomic E-state index is -1.26. The van der Waals surface area contributed by atoms with Gasteiger partial charge in [-0.05, 0) is 30.9 Å². The number of likely N-dealkylation sites (tertiary alicyclic amines) is 1. The number of piperidine rings is 1. The van der Waals surface area contributed by atoms with Crippen LogP contribution >= 0.6 is 0 Å². The number of carbonyl (C=O) groups is 2. The number of hydrogen-bond acceptors (Lipinski definition) is 3. The maximum absolute atomic E-state index is 13.6. The van der Waals surface area contributed by atoms with Gasteiger partial charge in [-0.3, -0.25) is 9.59 Å². The fraction of sp³-hybridized carbons (Fsp3) is 0.529. The Hall–Kier alpha value is -2.09. The Kier molecular flexibility index (Phi) is 6.41. The number of rotatable bonds is 5. The molecule has 1 aliphatic heterocycles. The zero-order chi connectivity index (χ0) is 18.6. The molecule has 0 radical (unpaired) electrons. The topological polar surface area (TPSA) is 75.4 Å². The smallest absolute Gasteiger partial charge is 0.224 e. The fourth-order valence-electron chi connectivity index (χ4n) is 2.99. The van der Waals surface area contributed by atoms with Crippen LogP contribution in [0.25, 0.3) is 0 Å². The van der Waals surface area contributed by atoms with Crippen molar-refractivity contribution in [1.82, 2.24) is 10.2 Å². The van der Waals surface area contributed by atoms with Crippen molar-refractivity contribution in [3.8, 4) is 0 Å². The Labute approximate surface area is 144 Å². The first-order chi connectivity index (χ1) is 11.8. The van der Waals surface area contributed by atoms with Gasteiger partial charge in [-0.1, -0.05) is 0 Å². The second-order valence-corrected chi connectivity index (χ2v) is 6.38. The minimum absolute atomic E-state index is 0.0107. The molecule has 1 atom stereocenters. The highest BCUT2D eigenvalue weighted by Crippen LogP contribution is 2.17. The fourth-order valence-corrected chi connectivity index (χ4v) is 2.99. The van der Waals surface area contributed by atoms with Gasteiger partial charge in [-0.25, -0.2) is 13.2 Å². The van der Waals surface area contributed by atoms with Gasteiger partial charge in [0.25, 0.3) is 0 Å². The lowest BCUT2D eigenvalue weighted by Gasteiger charge is -2.32. The minimum Gasteiger partial charge on any atom is -0.353 e. The molecule has 1 aromatic rings. The summed E-state index contributed by atoms with van der Waals surface area (Å²) in [7, 11) is 0. The maximum Gasteiger partial charge on any atom is 0.224 e. The molecule has 1 aliphatic rings. The molecule has 2 rings (SSSR count). The van der Waals surface area contributed by atoms with Gasteiger partial charge in [0.2, 0.25) is 11.8 Å². The molecule has 0 aliphatic carbocycles. The van der Waals surface area contributed by atoms with Gasteiger partial charge >= 0.3 is 0 Å². The average Bonchev–Trinajstić information content (AvgIpc) is 2.52. The number of nitrogens with one attached hydrogen (secondary N) is 1. The molecule has 1 heterocycles. The lowest BCUT2D eigenvalue weighted by Crippen LogP contribution is -2.47. The van der Waals surface area contributed by atoms with Crippen molar-refractivity contribution >= 4 is 11.8 Å². The van der Waals surface area contributed by atoms with Crippen molar-refractivity contribution in [2.75, 3.05) is 13.1 Å². The van der Waals surface area contributed by atoms with Gasteiger partial charge in [0.1, 0.15) is 5.82 Å². The Morgan fingerprint density at radius 2 is 1.80 bits per heavy atom. The number of amides is 2. The first-order valence-electron chi connectivity index (χ1n) is 8.20. The molecule has 5 nitrogen and oxygen atoms in total. The first kappa shape index (κ1) is 19.2. The second kappa shape index (κ2) is 8.33. The van der Waals surface area contributed by atoms with Crippen molar-refractivity contribution in [3.05, 3.63) is 35.1 Å². The number of nitrogens with zero attached hydrogens (tertiary/aromatic N) is 1. The third-order valence-electron chi connectivity index (χ3n) is 4.26. The average molecular weight is 357 g/mol. The quantitative estimate of drug-likeness (QED) is 0.784. The summed E-state index contributed by atoms with van der Waals surface area (Å²) in [5, 5.41) is 2.82. The van der Waals surface area contributed by atoms with E-state index in [0.29, 0.717) is 32.0 Å². The molecule has 1 unspecified atom stereocenters. The lowest BCUT2D eigenvalue weighted by atomic mass is 10.0. The monoisotopic (exact) mass is 357 g/mol. The number of nitrogens with two attached hydrogens (primary N) is 1. The number of hydrogen-bond donors (Lipinski definition) is 2. The Morgan fingerprint density at radius 1 is 1.20 bits per heavy atom. The molecule has 138 valence electrons. The molecule has 0 bridgehead atoms. The summed E-state index contributed by atoms with van der Waals surface area (Å²) in [6.45, 7) is 2.47. The van der Waals surface area contributed by atoms with Crippen LogP contribution in [0.1, 0.15) is 31.7 Å². The molecule has 1 saturated heterocycles. The van der Waals surface area contributed by atoms with Crippen LogP contribution in [0.5, 0.6) is 0 Å². The van der Waals surface area contributed by atoms with Crippen molar-refractivity contribution < 1.29 is 22.8 Å². The maximum atomic E-state index is 13.6. The largest absolute Gasteiger partial charge is 0.353 e. The summed E-state index contributed by atoms with van der Waals surface area (Å²) < 4.78 is 39.8. The van der Waals surface area contributed by atoms with E-state index in [4.69, 9.17) is 5.73 Å². The zero-order valence-electron chi connectivity index (χ0n) is 14.0. The Balaban J connectivity index is 1.85. The highest BCUT2D eigenvalue weighted by Gasteiger charge is 2.24. The summed E-state index contributed by atoms with van der Waals surface area (Å²) in [6, 6.07) is 0.617. The van der Waals surface area contributed by atoms with E-state index >= 15 is 0 Å². The zero-order valence-corrected chi connectivity index (χ0v) is 14.0. The highest BCUT2D eigenvalue weighted by atomic mass is 19.2. The van der Waals surface area contributed by atoms with Gasteiger partial charge in [0.05, 0.1) is 0 Å². The standard InChI is InChI=1S/C17H22F3N3O2/c1-10(24)22-13-2-4-23(5-3-13)17(25)8-12(21)6-11-7-15(19)16(20)9-14(11)18/h7,9,12-13H,2-6,8,21H2,1H3,(H,22,24). The van der Waals surface area contributed by atoms with Crippen LogP contribution in [0.2, 0.25) is 0 Å².